The van der Waals surface area contributed by atoms with Crippen LogP contribution >= 0.6 is 0 Å². The molecule has 1 fully saturated rings. The molecule has 3 aromatic heterocycles. The molecule has 0 N–H and O–H groups in total. The number of urea groups is 1. The molecule has 2 amide bonds. The molecule has 0 aliphatic carbocycles. The topological polar surface area (TPSA) is 82.8 Å². The minimum absolute atomic E-state index is 0.148. The summed E-state index contributed by atoms with van der Waals surface area (Å²) in [5.41, 5.74) is 3.47. The van der Waals surface area contributed by atoms with Crippen LogP contribution < -0.4 is 4.90 Å². The summed E-state index contributed by atoms with van der Waals surface area (Å²) in [6.45, 7) is 3.84. The van der Waals surface area contributed by atoms with Crippen molar-refractivity contribution < 1.29 is 9.18 Å². The molecule has 170 valence electrons. The molecular weight excluding hydrogens is 423 g/mol. The van der Waals surface area contributed by atoms with Crippen molar-refractivity contribution in [3.8, 4) is 11.4 Å². The Morgan fingerprint density at radius 3 is 2.64 bits per heavy atom. The third-order valence-electron chi connectivity index (χ3n) is 6.14. The third kappa shape index (κ3) is 3.92. The van der Waals surface area contributed by atoms with E-state index in [1.54, 1.807) is 40.5 Å². The van der Waals surface area contributed by atoms with Crippen molar-refractivity contribution >= 4 is 18.1 Å². The van der Waals surface area contributed by atoms with Gasteiger partial charge in [0.2, 0.25) is 0 Å². The average molecular weight is 449 g/mol. The van der Waals surface area contributed by atoms with Gasteiger partial charge in [0.05, 0.1) is 23.6 Å². The highest BCUT2D eigenvalue weighted by Gasteiger charge is 2.33. The maximum absolute atomic E-state index is 14.7. The van der Waals surface area contributed by atoms with E-state index in [0.717, 1.165) is 16.8 Å². The second-order valence-electron chi connectivity index (χ2n) is 8.24. The van der Waals surface area contributed by atoms with Crippen molar-refractivity contribution in [1.29, 1.82) is 0 Å². The molecule has 33 heavy (non-hydrogen) atoms. The van der Waals surface area contributed by atoms with Crippen LogP contribution in [0.3, 0.4) is 0 Å². The van der Waals surface area contributed by atoms with Gasteiger partial charge in [-0.25, -0.2) is 19.2 Å². The van der Waals surface area contributed by atoms with Crippen molar-refractivity contribution in [2.45, 2.75) is 19.4 Å². The van der Waals surface area contributed by atoms with Crippen LogP contribution in [0.1, 0.15) is 23.6 Å². The zero-order valence-electron chi connectivity index (χ0n) is 18.6. The lowest BCUT2D eigenvalue weighted by molar-refractivity contribution is 0.139. The Morgan fingerprint density at radius 2 is 1.94 bits per heavy atom. The van der Waals surface area contributed by atoms with Crippen LogP contribution in [-0.2, 0) is 7.05 Å². The van der Waals surface area contributed by atoms with Gasteiger partial charge in [0.1, 0.15) is 0 Å². The predicted molar refractivity (Wildman–Crippen MR) is 122 cm³/mol. The summed E-state index contributed by atoms with van der Waals surface area (Å²) in [5.74, 6) is -0.0771. The molecule has 0 radical (unpaired) electrons. The molecule has 5 rings (SSSR count). The van der Waals surface area contributed by atoms with E-state index in [-0.39, 0.29) is 17.9 Å². The molecule has 5 heterocycles. The zero-order valence-corrected chi connectivity index (χ0v) is 18.6. The van der Waals surface area contributed by atoms with Gasteiger partial charge in [0.15, 0.2) is 11.6 Å². The molecular formula is C23H25FN8O. The number of hydrogen-bond donors (Lipinski definition) is 0. The van der Waals surface area contributed by atoms with Crippen LogP contribution in [0, 0.1) is 12.7 Å². The van der Waals surface area contributed by atoms with Crippen molar-refractivity contribution in [3.05, 3.63) is 59.8 Å². The number of piperazine rings is 1. The summed E-state index contributed by atoms with van der Waals surface area (Å²) >= 11 is 0. The Kier molecular flexibility index (Phi) is 5.49. The van der Waals surface area contributed by atoms with E-state index in [2.05, 4.69) is 20.2 Å². The van der Waals surface area contributed by atoms with Crippen LogP contribution in [0.4, 0.5) is 15.0 Å². The lowest BCUT2D eigenvalue weighted by atomic mass is 10.1. The minimum Gasteiger partial charge on any atom is -0.351 e. The first-order valence-corrected chi connectivity index (χ1v) is 10.9. The number of aryl methyl sites for hydroxylation is 2. The molecule has 1 atom stereocenters. The number of halogens is 1. The molecule has 2 aliphatic rings. The summed E-state index contributed by atoms with van der Waals surface area (Å²) in [6, 6.07) is 6.63. The SMILES string of the molecule is Cc1cnn(C)c1-c1ccc(F)c(N2CCN(C(=O)N3N=CCC3c3cccnc3)CC2)n1. The summed E-state index contributed by atoms with van der Waals surface area (Å²) in [4.78, 5) is 25.6. The maximum atomic E-state index is 14.7. The molecule has 0 aromatic carbocycles. The number of carbonyl (C=O) groups is 1. The van der Waals surface area contributed by atoms with E-state index < -0.39 is 0 Å². The predicted octanol–water partition coefficient (Wildman–Crippen LogP) is 3.00. The van der Waals surface area contributed by atoms with Gasteiger partial charge in [0, 0.05) is 58.3 Å². The summed E-state index contributed by atoms with van der Waals surface area (Å²) in [6.07, 6.45) is 7.67. The molecule has 0 bridgehead atoms. The van der Waals surface area contributed by atoms with Gasteiger partial charge >= 0.3 is 6.03 Å². The number of aromatic nitrogens is 4. The van der Waals surface area contributed by atoms with E-state index in [0.29, 0.717) is 44.1 Å². The highest BCUT2D eigenvalue weighted by atomic mass is 19.1. The number of amides is 2. The normalized spacial score (nSPS) is 18.3. The fourth-order valence-electron chi connectivity index (χ4n) is 4.40. The smallest absolute Gasteiger partial charge is 0.341 e. The quantitative estimate of drug-likeness (QED) is 0.615. The minimum atomic E-state index is -0.376. The van der Waals surface area contributed by atoms with Crippen molar-refractivity contribution in [2.75, 3.05) is 31.1 Å². The third-order valence-corrected chi connectivity index (χ3v) is 6.14. The molecule has 0 spiro atoms. The Labute approximate surface area is 191 Å². The van der Waals surface area contributed by atoms with Crippen molar-refractivity contribution in [3.63, 3.8) is 0 Å². The van der Waals surface area contributed by atoms with E-state index >= 15 is 0 Å². The molecule has 9 nitrogen and oxygen atoms in total. The van der Waals surface area contributed by atoms with Gasteiger partial charge in [-0.1, -0.05) is 6.07 Å². The van der Waals surface area contributed by atoms with Crippen LogP contribution in [0.2, 0.25) is 0 Å². The number of carbonyl (C=O) groups excluding carboxylic acids is 1. The van der Waals surface area contributed by atoms with Crippen molar-refractivity contribution in [2.24, 2.45) is 12.1 Å². The number of hydrogen-bond acceptors (Lipinski definition) is 6. The monoisotopic (exact) mass is 448 g/mol. The fourth-order valence-corrected chi connectivity index (χ4v) is 4.40. The first-order chi connectivity index (χ1) is 16.0. The second kappa shape index (κ2) is 8.61. The average Bonchev–Trinajstić information content (AvgIpc) is 3.46. The van der Waals surface area contributed by atoms with Crippen molar-refractivity contribution in [1.82, 2.24) is 29.7 Å². The molecule has 10 heteroatoms. The molecule has 0 saturated carbocycles. The van der Waals surface area contributed by atoms with Gasteiger partial charge < -0.3 is 9.80 Å². The Hall–Kier alpha value is -3.82. The molecule has 1 saturated heterocycles. The standard InChI is InChI=1S/C23H25FN8O/c1-16-14-27-29(2)21(16)19-6-5-18(24)22(28-19)30-10-12-31(13-11-30)23(33)32-20(7-9-26-32)17-4-3-8-25-15-17/h3-6,8-9,14-15,20H,7,10-13H2,1-2H3. The second-order valence-corrected chi connectivity index (χ2v) is 8.24. The molecule has 1 unspecified atom stereocenters. The number of hydrazone groups is 1. The number of rotatable bonds is 3. The van der Waals surface area contributed by atoms with Crippen LogP contribution in [0.15, 0.2) is 48.0 Å². The van der Waals surface area contributed by atoms with Gasteiger partial charge in [0.25, 0.3) is 0 Å². The lowest BCUT2D eigenvalue weighted by Crippen LogP contribution is -2.52. The van der Waals surface area contributed by atoms with Crippen LogP contribution in [0.25, 0.3) is 11.4 Å². The van der Waals surface area contributed by atoms with E-state index in [1.165, 1.54) is 11.1 Å². The summed E-state index contributed by atoms with van der Waals surface area (Å²) in [5, 5.41) is 10.1. The zero-order chi connectivity index (χ0) is 22.9. The lowest BCUT2D eigenvalue weighted by Gasteiger charge is -2.37. The Morgan fingerprint density at radius 1 is 1.12 bits per heavy atom. The Balaban J connectivity index is 1.29. The van der Waals surface area contributed by atoms with Gasteiger partial charge in [-0.3, -0.25) is 9.67 Å². The first kappa shape index (κ1) is 21.0. The van der Waals surface area contributed by atoms with E-state index in [4.69, 9.17) is 0 Å². The first-order valence-electron chi connectivity index (χ1n) is 10.9. The highest BCUT2D eigenvalue weighted by Crippen LogP contribution is 2.30. The summed E-state index contributed by atoms with van der Waals surface area (Å²) < 4.78 is 16.4. The van der Waals surface area contributed by atoms with Gasteiger partial charge in [-0.15, -0.1) is 0 Å². The fraction of sp³-hybridized carbons (Fsp3) is 0.348. The Bertz CT molecular complexity index is 1170. The number of anilines is 1. The number of pyridine rings is 2. The molecule has 2 aliphatic heterocycles. The van der Waals surface area contributed by atoms with Crippen LogP contribution in [0.5, 0.6) is 0 Å². The van der Waals surface area contributed by atoms with E-state index in [9.17, 15) is 9.18 Å². The van der Waals surface area contributed by atoms with Gasteiger partial charge in [-0.2, -0.15) is 10.2 Å². The van der Waals surface area contributed by atoms with Crippen LogP contribution in [-0.4, -0.2) is 68.1 Å². The maximum Gasteiger partial charge on any atom is 0.341 e. The molecule has 3 aromatic rings. The highest BCUT2D eigenvalue weighted by molar-refractivity contribution is 5.78. The summed E-state index contributed by atoms with van der Waals surface area (Å²) in [7, 11) is 1.84. The van der Waals surface area contributed by atoms with Gasteiger partial charge in [-0.05, 0) is 36.2 Å². The number of nitrogens with zero attached hydrogens (tertiary/aromatic N) is 8. The van der Waals surface area contributed by atoms with E-state index in [1.807, 2.05) is 31.0 Å². The largest absolute Gasteiger partial charge is 0.351 e.